The van der Waals surface area contributed by atoms with E-state index in [-0.39, 0.29) is 40.1 Å². The van der Waals surface area contributed by atoms with Crippen molar-refractivity contribution in [2.75, 3.05) is 0 Å². The number of benzene rings is 3. The summed E-state index contributed by atoms with van der Waals surface area (Å²) in [6, 6.07) is 13.9. The third kappa shape index (κ3) is 3.35. The number of rotatable bonds is 5. The highest BCUT2D eigenvalue weighted by atomic mass is 16.3. The zero-order chi connectivity index (χ0) is 22.0. The van der Waals surface area contributed by atoms with Crippen LogP contribution in [0.4, 0.5) is 5.69 Å². The zero-order valence-electron chi connectivity index (χ0n) is 15.8. The van der Waals surface area contributed by atoms with Crippen LogP contribution in [0.5, 0.6) is 0 Å². The lowest BCUT2D eigenvalue weighted by Crippen LogP contribution is -2.10. The number of amides is 1. The molecule has 1 aliphatic heterocycles. The summed E-state index contributed by atoms with van der Waals surface area (Å²) in [5, 5.41) is 12.9. The summed E-state index contributed by atoms with van der Waals surface area (Å²) >= 11 is 0. The lowest BCUT2D eigenvalue weighted by Gasteiger charge is -2.18. The largest absolute Gasteiger partial charge is 0.455 e. The van der Waals surface area contributed by atoms with Crippen molar-refractivity contribution >= 4 is 22.6 Å². The minimum atomic E-state index is -0.943. The van der Waals surface area contributed by atoms with Gasteiger partial charge in [-0.1, -0.05) is 23.4 Å². The van der Waals surface area contributed by atoms with E-state index in [2.05, 4.69) is 20.7 Å². The van der Waals surface area contributed by atoms with Crippen molar-refractivity contribution in [3.05, 3.63) is 85.8 Å². The maximum atomic E-state index is 12.5. The summed E-state index contributed by atoms with van der Waals surface area (Å²) in [5.74, 6) is 4.33. The summed E-state index contributed by atoms with van der Waals surface area (Å²) in [6.45, 7) is -0.136. The Kier molecular flexibility index (Phi) is 5.10. The summed E-state index contributed by atoms with van der Waals surface area (Å²) in [6.07, 6.45) is 0. The number of hydrogen-bond donors (Lipinski definition) is 1. The molecule has 0 bridgehead atoms. The smallest absolute Gasteiger partial charge is 0.317 e. The molecule has 10 nitrogen and oxygen atoms in total. The molecule has 0 atom stereocenters. The molecule has 0 fully saturated rings. The summed E-state index contributed by atoms with van der Waals surface area (Å²) in [5.41, 5.74) is 1.71. The lowest BCUT2D eigenvalue weighted by molar-refractivity contribution is 0.100. The molecule has 10 heteroatoms. The Labute approximate surface area is 173 Å². The van der Waals surface area contributed by atoms with Gasteiger partial charge in [-0.2, -0.15) is 5.11 Å². The van der Waals surface area contributed by atoms with Gasteiger partial charge < -0.3 is 10.3 Å². The Morgan fingerprint density at radius 3 is 2.55 bits per heavy atom. The first-order valence-corrected chi connectivity index (χ1v) is 8.98. The fourth-order valence-electron chi connectivity index (χ4n) is 3.53. The third-order valence-corrected chi connectivity index (χ3v) is 4.86. The SMILES string of the molecule is NN=NCc1c2oc3cc(N=O)ccc3c(-c3ccccc3C(=O)N=O)c-2ccc1=O. The summed E-state index contributed by atoms with van der Waals surface area (Å²) in [4.78, 5) is 46.7. The Morgan fingerprint density at radius 2 is 1.81 bits per heavy atom. The van der Waals surface area contributed by atoms with Gasteiger partial charge in [0, 0.05) is 27.8 Å². The Morgan fingerprint density at radius 1 is 1.00 bits per heavy atom. The molecule has 0 saturated heterocycles. The van der Waals surface area contributed by atoms with Crippen LogP contribution >= 0.6 is 0 Å². The predicted octanol–water partition coefficient (Wildman–Crippen LogP) is 4.70. The molecular formula is C21H13N5O5. The van der Waals surface area contributed by atoms with E-state index in [1.54, 1.807) is 30.3 Å². The first-order valence-electron chi connectivity index (χ1n) is 8.98. The fourth-order valence-corrected chi connectivity index (χ4v) is 3.53. The second kappa shape index (κ2) is 8.03. The van der Waals surface area contributed by atoms with E-state index in [1.165, 1.54) is 24.3 Å². The second-order valence-electron chi connectivity index (χ2n) is 6.52. The highest BCUT2D eigenvalue weighted by Gasteiger charge is 2.24. The molecule has 0 unspecified atom stereocenters. The first-order chi connectivity index (χ1) is 15.1. The van der Waals surface area contributed by atoms with Gasteiger partial charge in [-0.15, -0.1) is 9.81 Å². The number of carbonyl (C=O) groups is 1. The predicted molar refractivity (Wildman–Crippen MR) is 113 cm³/mol. The number of nitrogens with zero attached hydrogens (tertiary/aromatic N) is 4. The zero-order valence-corrected chi connectivity index (χ0v) is 15.8. The van der Waals surface area contributed by atoms with Crippen LogP contribution in [-0.4, -0.2) is 5.91 Å². The van der Waals surface area contributed by atoms with Crippen molar-refractivity contribution in [1.82, 2.24) is 0 Å². The third-order valence-electron chi connectivity index (χ3n) is 4.86. The Balaban J connectivity index is 2.19. The van der Waals surface area contributed by atoms with Gasteiger partial charge >= 0.3 is 5.91 Å². The van der Waals surface area contributed by atoms with Crippen molar-refractivity contribution in [2.24, 2.45) is 26.5 Å². The van der Waals surface area contributed by atoms with Gasteiger partial charge in [0.05, 0.1) is 17.7 Å². The molecule has 152 valence electrons. The molecule has 0 spiro atoms. The van der Waals surface area contributed by atoms with Crippen molar-refractivity contribution < 1.29 is 9.21 Å². The van der Waals surface area contributed by atoms with Crippen LogP contribution in [0.3, 0.4) is 0 Å². The number of nitrogens with two attached hydrogens (primary N) is 1. The maximum Gasteiger partial charge on any atom is 0.317 e. The molecule has 2 N–H and O–H groups in total. The van der Waals surface area contributed by atoms with Gasteiger partial charge in [-0.25, -0.2) is 0 Å². The van der Waals surface area contributed by atoms with Crippen LogP contribution in [0.1, 0.15) is 15.9 Å². The van der Waals surface area contributed by atoms with E-state index >= 15 is 0 Å². The monoisotopic (exact) mass is 415 g/mol. The van der Waals surface area contributed by atoms with Crippen LogP contribution in [0.25, 0.3) is 33.4 Å². The number of hydrogen-bond acceptors (Lipinski definition) is 8. The van der Waals surface area contributed by atoms with Crippen LogP contribution in [0.15, 0.2) is 84.5 Å². The van der Waals surface area contributed by atoms with Crippen molar-refractivity contribution in [2.45, 2.75) is 6.54 Å². The van der Waals surface area contributed by atoms with E-state index in [1.807, 2.05) is 0 Å². The van der Waals surface area contributed by atoms with Gasteiger partial charge in [0.25, 0.3) is 0 Å². The molecule has 1 heterocycles. The highest BCUT2D eigenvalue weighted by molar-refractivity contribution is 6.09. The number of carbonyl (C=O) groups excluding carboxylic acids is 1. The van der Waals surface area contributed by atoms with E-state index in [4.69, 9.17) is 10.3 Å². The highest BCUT2D eigenvalue weighted by Crippen LogP contribution is 2.43. The van der Waals surface area contributed by atoms with E-state index in [0.29, 0.717) is 22.1 Å². The van der Waals surface area contributed by atoms with Gasteiger partial charge in [0.1, 0.15) is 17.0 Å². The van der Waals surface area contributed by atoms with Crippen LogP contribution in [0.2, 0.25) is 0 Å². The normalized spacial score (nSPS) is 11.2. The maximum absolute atomic E-state index is 12.5. The second-order valence-corrected chi connectivity index (χ2v) is 6.52. The molecule has 1 amide bonds. The quantitative estimate of drug-likeness (QED) is 0.164. The fraction of sp³-hybridized carbons (Fsp3) is 0.0476. The number of fused-ring (bicyclic) bond motifs is 2. The summed E-state index contributed by atoms with van der Waals surface area (Å²) < 4.78 is 5.98. The molecule has 0 radical (unpaired) electrons. The molecule has 31 heavy (non-hydrogen) atoms. The van der Waals surface area contributed by atoms with Crippen molar-refractivity contribution in [3.63, 3.8) is 0 Å². The molecule has 2 aromatic rings. The molecule has 0 saturated carbocycles. The molecule has 0 aromatic heterocycles. The van der Waals surface area contributed by atoms with Gasteiger partial charge in [0.15, 0.2) is 5.43 Å². The average Bonchev–Trinajstić information content (AvgIpc) is 2.81. The molecule has 1 aliphatic carbocycles. The lowest BCUT2D eigenvalue weighted by atomic mass is 9.89. The number of nitroso groups, excluding NO2 is 2. The Bertz CT molecular complexity index is 1410. The van der Waals surface area contributed by atoms with Gasteiger partial charge in [-0.3, -0.25) is 9.59 Å². The first kappa shape index (κ1) is 19.7. The van der Waals surface area contributed by atoms with Crippen LogP contribution in [0, 0.1) is 9.81 Å². The molecule has 2 aliphatic rings. The topological polar surface area (TPSA) is 157 Å². The standard InChI is InChI=1S/C21H13N5O5/c22-26-23-10-16-17(27)8-7-15-19(12-3-1-2-4-13(12)21(28)25-30)14-6-5-11(24-29)9-18(14)31-20(15)16/h1-9H,10H2,(H2,22,23). The summed E-state index contributed by atoms with van der Waals surface area (Å²) in [7, 11) is 0. The van der Waals surface area contributed by atoms with E-state index < -0.39 is 5.91 Å². The molecule has 2 aromatic carbocycles. The van der Waals surface area contributed by atoms with Gasteiger partial charge in [0.2, 0.25) is 0 Å². The van der Waals surface area contributed by atoms with Crippen LogP contribution in [-0.2, 0) is 6.54 Å². The minimum absolute atomic E-state index is 0.0817. The average molecular weight is 415 g/mol. The van der Waals surface area contributed by atoms with Gasteiger partial charge in [-0.05, 0) is 41.1 Å². The van der Waals surface area contributed by atoms with Crippen LogP contribution < -0.4 is 11.3 Å². The molecular weight excluding hydrogens is 402 g/mol. The minimum Gasteiger partial charge on any atom is -0.455 e. The molecule has 4 rings (SSSR count). The van der Waals surface area contributed by atoms with E-state index in [0.717, 1.165) is 0 Å². The van der Waals surface area contributed by atoms with Crippen molar-refractivity contribution in [1.29, 1.82) is 0 Å². The van der Waals surface area contributed by atoms with Crippen molar-refractivity contribution in [3.8, 4) is 22.5 Å². The Hall–Kier alpha value is -4.60. The van der Waals surface area contributed by atoms with E-state index in [9.17, 15) is 19.4 Å².